The van der Waals surface area contributed by atoms with Gasteiger partial charge in [0, 0.05) is 13.2 Å². The van der Waals surface area contributed by atoms with Gasteiger partial charge >= 0.3 is 5.97 Å². The van der Waals surface area contributed by atoms with E-state index in [0.717, 1.165) is 12.2 Å². The van der Waals surface area contributed by atoms with Crippen molar-refractivity contribution in [3.63, 3.8) is 0 Å². The second kappa shape index (κ2) is 7.98. The van der Waals surface area contributed by atoms with Gasteiger partial charge in [-0.15, -0.1) is 0 Å². The highest BCUT2D eigenvalue weighted by atomic mass is 16.5. The average Bonchev–Trinajstić information content (AvgIpc) is 2.23. The minimum absolute atomic E-state index is 0.0536. The Morgan fingerprint density at radius 3 is 2.25 bits per heavy atom. The Labute approximate surface area is 93.5 Å². The van der Waals surface area contributed by atoms with Crippen LogP contribution in [0.4, 0.5) is 0 Å². The highest BCUT2D eigenvalue weighted by Gasteiger charge is 2.17. The van der Waals surface area contributed by atoms with Gasteiger partial charge in [-0.25, -0.2) is 4.79 Å². The summed E-state index contributed by atoms with van der Waals surface area (Å²) in [6.07, 6.45) is -0.317. The van der Waals surface area contributed by atoms with Crippen LogP contribution < -0.4 is 0 Å². The van der Waals surface area contributed by atoms with E-state index in [1.165, 1.54) is 14.0 Å². The van der Waals surface area contributed by atoms with Crippen LogP contribution in [0.15, 0.2) is 12.2 Å². The molecular weight excluding hydrogens is 216 g/mol. The van der Waals surface area contributed by atoms with Gasteiger partial charge in [0.15, 0.2) is 5.78 Å². The fraction of sp³-hybridized carbons (Fsp3) is 0.600. The van der Waals surface area contributed by atoms with Crippen molar-refractivity contribution in [2.45, 2.75) is 19.1 Å². The van der Waals surface area contributed by atoms with E-state index in [-0.39, 0.29) is 19.0 Å². The fourth-order valence-corrected chi connectivity index (χ4v) is 0.794. The lowest BCUT2D eigenvalue weighted by Gasteiger charge is -2.16. The third-order valence-corrected chi connectivity index (χ3v) is 1.63. The molecule has 0 spiro atoms. The summed E-state index contributed by atoms with van der Waals surface area (Å²) in [7, 11) is 1.37. The van der Waals surface area contributed by atoms with Crippen molar-refractivity contribution in [2.75, 3.05) is 20.3 Å². The molecule has 16 heavy (non-hydrogen) atoms. The molecule has 2 atom stereocenters. The Morgan fingerprint density at radius 2 is 1.75 bits per heavy atom. The van der Waals surface area contributed by atoms with Crippen molar-refractivity contribution in [2.24, 2.45) is 0 Å². The molecule has 0 bridgehead atoms. The topological polar surface area (TPSA) is 93.1 Å². The Kier molecular flexibility index (Phi) is 7.36. The lowest BCUT2D eigenvalue weighted by atomic mass is 10.2. The summed E-state index contributed by atoms with van der Waals surface area (Å²) in [4.78, 5) is 21.4. The second-order valence-corrected chi connectivity index (χ2v) is 3.16. The number of aliphatic hydroxyl groups is 2. The molecule has 2 unspecified atom stereocenters. The summed E-state index contributed by atoms with van der Waals surface area (Å²) in [5.41, 5.74) is 0. The monoisotopic (exact) mass is 232 g/mol. The van der Waals surface area contributed by atoms with Crippen LogP contribution in [0.3, 0.4) is 0 Å². The van der Waals surface area contributed by atoms with Crippen LogP contribution in [0.2, 0.25) is 0 Å². The van der Waals surface area contributed by atoms with Crippen LogP contribution in [0.5, 0.6) is 0 Å². The molecule has 2 N–H and O–H groups in total. The first-order valence-electron chi connectivity index (χ1n) is 4.67. The molecule has 0 aliphatic rings. The minimum atomic E-state index is -1.21. The number of methoxy groups -OCH3 is 1. The number of aliphatic hydroxyl groups excluding tert-OH is 2. The molecule has 0 saturated heterocycles. The zero-order valence-electron chi connectivity index (χ0n) is 9.25. The predicted molar refractivity (Wildman–Crippen MR) is 54.7 cm³/mol. The smallest absolute Gasteiger partial charge is 0.330 e. The summed E-state index contributed by atoms with van der Waals surface area (Å²) in [5.74, 6) is -1.03. The Bertz CT molecular complexity index is 260. The first-order valence-corrected chi connectivity index (χ1v) is 4.67. The van der Waals surface area contributed by atoms with E-state index < -0.39 is 18.2 Å². The molecule has 0 heterocycles. The predicted octanol–water partition coefficient (Wildman–Crippen LogP) is -0.957. The molecule has 0 saturated carbocycles. The summed E-state index contributed by atoms with van der Waals surface area (Å²) in [6, 6.07) is 0. The molecule has 0 radical (unpaired) electrons. The molecule has 0 aliphatic heterocycles. The number of allylic oxidation sites excluding steroid dienone is 1. The normalized spacial score (nSPS) is 14.8. The summed E-state index contributed by atoms with van der Waals surface area (Å²) >= 11 is 0. The van der Waals surface area contributed by atoms with Gasteiger partial charge in [-0.2, -0.15) is 0 Å². The molecule has 0 aromatic rings. The van der Waals surface area contributed by atoms with Crippen molar-refractivity contribution >= 4 is 11.8 Å². The molecule has 0 fully saturated rings. The molecule has 0 aliphatic carbocycles. The number of ether oxygens (including phenoxy) is 2. The van der Waals surface area contributed by atoms with Gasteiger partial charge in [0.25, 0.3) is 0 Å². The quantitative estimate of drug-likeness (QED) is 0.434. The SMILES string of the molecule is COCC(O)C(O)COC(=O)/C=C/C(C)=O. The Balaban J connectivity index is 3.87. The van der Waals surface area contributed by atoms with Crippen molar-refractivity contribution in [1.82, 2.24) is 0 Å². The summed E-state index contributed by atoms with van der Waals surface area (Å²) in [6.45, 7) is 0.884. The molecule has 0 amide bonds. The number of hydrogen-bond acceptors (Lipinski definition) is 6. The van der Waals surface area contributed by atoms with Crippen LogP contribution in [0.25, 0.3) is 0 Å². The number of ketones is 1. The molecule has 6 heteroatoms. The summed E-state index contributed by atoms with van der Waals surface area (Å²) < 4.78 is 9.18. The molecule has 0 rings (SSSR count). The molecule has 0 aromatic carbocycles. The number of rotatable bonds is 7. The zero-order chi connectivity index (χ0) is 12.6. The molecule has 6 nitrogen and oxygen atoms in total. The van der Waals surface area contributed by atoms with E-state index >= 15 is 0 Å². The van der Waals surface area contributed by atoms with Gasteiger partial charge in [0.05, 0.1) is 6.61 Å². The molecular formula is C10H16O6. The first kappa shape index (κ1) is 14.8. The van der Waals surface area contributed by atoms with E-state index in [4.69, 9.17) is 0 Å². The lowest BCUT2D eigenvalue weighted by molar-refractivity contribution is -0.144. The van der Waals surface area contributed by atoms with E-state index in [0.29, 0.717) is 0 Å². The Morgan fingerprint density at radius 1 is 1.19 bits per heavy atom. The lowest BCUT2D eigenvalue weighted by Crippen LogP contribution is -2.34. The highest BCUT2D eigenvalue weighted by Crippen LogP contribution is 1.96. The van der Waals surface area contributed by atoms with Crippen molar-refractivity contribution < 1.29 is 29.3 Å². The zero-order valence-corrected chi connectivity index (χ0v) is 9.25. The van der Waals surface area contributed by atoms with Gasteiger partial charge in [0.1, 0.15) is 18.8 Å². The number of hydrogen-bond donors (Lipinski definition) is 2. The third-order valence-electron chi connectivity index (χ3n) is 1.63. The van der Waals surface area contributed by atoms with E-state index in [2.05, 4.69) is 9.47 Å². The van der Waals surface area contributed by atoms with Crippen molar-refractivity contribution in [3.05, 3.63) is 12.2 Å². The minimum Gasteiger partial charge on any atom is -0.460 e. The summed E-state index contributed by atoms with van der Waals surface area (Å²) in [5, 5.41) is 18.5. The highest BCUT2D eigenvalue weighted by molar-refractivity contribution is 5.94. The fourth-order valence-electron chi connectivity index (χ4n) is 0.794. The standard InChI is InChI=1S/C10H16O6/c1-7(11)3-4-10(14)16-6-9(13)8(12)5-15-2/h3-4,8-9,12-13H,5-6H2,1-2H3/b4-3+. The Hall–Kier alpha value is -1.24. The van der Waals surface area contributed by atoms with Gasteiger partial charge in [-0.1, -0.05) is 0 Å². The van der Waals surface area contributed by atoms with Gasteiger partial charge in [-0.05, 0) is 13.0 Å². The van der Waals surface area contributed by atoms with Crippen LogP contribution >= 0.6 is 0 Å². The van der Waals surface area contributed by atoms with Crippen LogP contribution in [0.1, 0.15) is 6.92 Å². The van der Waals surface area contributed by atoms with E-state index in [1.54, 1.807) is 0 Å². The third kappa shape index (κ3) is 7.10. The average molecular weight is 232 g/mol. The number of carbonyl (C=O) groups excluding carboxylic acids is 2. The number of carbonyl (C=O) groups is 2. The van der Waals surface area contributed by atoms with Crippen molar-refractivity contribution in [3.8, 4) is 0 Å². The maximum Gasteiger partial charge on any atom is 0.330 e. The molecule has 0 aromatic heterocycles. The van der Waals surface area contributed by atoms with Gasteiger partial charge < -0.3 is 19.7 Å². The molecule has 92 valence electrons. The van der Waals surface area contributed by atoms with E-state index in [1.807, 2.05) is 0 Å². The first-order chi connectivity index (χ1) is 7.47. The van der Waals surface area contributed by atoms with E-state index in [9.17, 15) is 19.8 Å². The number of esters is 1. The maximum absolute atomic E-state index is 10.9. The van der Waals surface area contributed by atoms with Crippen LogP contribution in [0, 0.1) is 0 Å². The largest absolute Gasteiger partial charge is 0.460 e. The second-order valence-electron chi connectivity index (χ2n) is 3.16. The van der Waals surface area contributed by atoms with Gasteiger partial charge in [0.2, 0.25) is 0 Å². The van der Waals surface area contributed by atoms with Crippen molar-refractivity contribution in [1.29, 1.82) is 0 Å². The maximum atomic E-state index is 10.9. The van der Waals surface area contributed by atoms with Gasteiger partial charge in [-0.3, -0.25) is 4.79 Å². The van der Waals surface area contributed by atoms with Crippen LogP contribution in [-0.4, -0.2) is 54.5 Å². The van der Waals surface area contributed by atoms with Crippen LogP contribution in [-0.2, 0) is 19.1 Å².